The monoisotopic (exact) mass is 489 g/mol. The van der Waals surface area contributed by atoms with E-state index in [1.54, 1.807) is 0 Å². The first-order valence-corrected chi connectivity index (χ1v) is 13.4. The van der Waals surface area contributed by atoms with Gasteiger partial charge in [-0.25, -0.2) is 8.42 Å². The second-order valence-electron chi connectivity index (χ2n) is 10.5. The minimum absolute atomic E-state index is 0.0783. The van der Waals surface area contributed by atoms with Gasteiger partial charge in [0.25, 0.3) is 10.0 Å². The van der Waals surface area contributed by atoms with Gasteiger partial charge in [-0.15, -0.1) is 0 Å². The number of sulfonamides is 1. The fraction of sp³-hybridized carbons (Fsp3) is 0.556. The molecule has 0 atom stereocenters. The molecule has 0 radical (unpaired) electrons. The van der Waals surface area contributed by atoms with Gasteiger partial charge >= 0.3 is 0 Å². The smallest absolute Gasteiger partial charge is 0.264 e. The van der Waals surface area contributed by atoms with Crippen molar-refractivity contribution in [2.75, 3.05) is 30.7 Å². The van der Waals surface area contributed by atoms with Crippen LogP contribution in [0.2, 0.25) is 0 Å². The SMILES string of the molecule is [2H]C([2H])(O)c1cc(S(=O)(=O)N2CC(C)(C)Cc3cc(C(C)C)ccc32)ccc1OCC1CCOCC1. The van der Waals surface area contributed by atoms with Crippen molar-refractivity contribution >= 4 is 15.7 Å². The second kappa shape index (κ2) is 9.88. The number of benzene rings is 2. The highest BCUT2D eigenvalue weighted by molar-refractivity contribution is 7.92. The van der Waals surface area contributed by atoms with Crippen molar-refractivity contribution in [3.8, 4) is 5.75 Å². The maximum Gasteiger partial charge on any atom is 0.264 e. The fourth-order valence-corrected chi connectivity index (χ4v) is 6.46. The van der Waals surface area contributed by atoms with E-state index in [0.717, 1.165) is 30.4 Å². The molecule has 1 fully saturated rings. The van der Waals surface area contributed by atoms with Crippen molar-refractivity contribution in [2.45, 2.75) is 64.3 Å². The Balaban J connectivity index is 1.70. The lowest BCUT2D eigenvalue weighted by Gasteiger charge is -2.40. The molecule has 0 aromatic heterocycles. The van der Waals surface area contributed by atoms with Crippen LogP contribution in [0, 0.1) is 11.3 Å². The Hall–Kier alpha value is -2.09. The standard InChI is InChI=1S/C27H37NO5S/c1-19(2)21-5-7-25-22(13-21)15-27(3,4)18-28(25)34(30,31)24-6-8-26(23(14-24)16-29)33-17-20-9-11-32-12-10-20/h5-8,13-14,19-20,29H,9-12,15-18H2,1-4H3/i16D2. The Morgan fingerprint density at radius 2 is 1.94 bits per heavy atom. The average Bonchev–Trinajstić information content (AvgIpc) is 2.81. The van der Waals surface area contributed by atoms with E-state index in [1.807, 2.05) is 26.0 Å². The average molecular weight is 490 g/mol. The van der Waals surface area contributed by atoms with Crippen LogP contribution >= 0.6 is 0 Å². The molecule has 2 aliphatic rings. The highest BCUT2D eigenvalue weighted by Crippen LogP contribution is 2.41. The first-order chi connectivity index (χ1) is 16.8. The third kappa shape index (κ3) is 5.26. The number of nitrogens with zero attached hydrogens (tertiary/aromatic N) is 1. The van der Waals surface area contributed by atoms with Crippen molar-refractivity contribution < 1.29 is 25.7 Å². The van der Waals surface area contributed by atoms with Gasteiger partial charge in [0.1, 0.15) is 5.75 Å². The molecule has 0 bridgehead atoms. The van der Waals surface area contributed by atoms with Crippen molar-refractivity contribution in [3.63, 3.8) is 0 Å². The van der Waals surface area contributed by atoms with Crippen molar-refractivity contribution in [3.05, 3.63) is 53.1 Å². The lowest BCUT2D eigenvalue weighted by molar-refractivity contribution is 0.0494. The topological polar surface area (TPSA) is 76.1 Å². The summed E-state index contributed by atoms with van der Waals surface area (Å²) in [6, 6.07) is 10.0. The lowest BCUT2D eigenvalue weighted by Crippen LogP contribution is -2.44. The van der Waals surface area contributed by atoms with Crippen molar-refractivity contribution in [2.24, 2.45) is 11.3 Å². The van der Waals surface area contributed by atoms with Crippen LogP contribution in [0.3, 0.4) is 0 Å². The van der Waals surface area contributed by atoms with Gasteiger partial charge in [0.2, 0.25) is 0 Å². The maximum absolute atomic E-state index is 13.9. The van der Waals surface area contributed by atoms with Crippen LogP contribution in [0.5, 0.6) is 5.75 Å². The molecule has 1 N–H and O–H groups in total. The lowest BCUT2D eigenvalue weighted by atomic mass is 9.81. The van der Waals surface area contributed by atoms with Crippen LogP contribution in [0.15, 0.2) is 41.3 Å². The molecule has 2 aromatic rings. The summed E-state index contributed by atoms with van der Waals surface area (Å²) in [7, 11) is -4.03. The summed E-state index contributed by atoms with van der Waals surface area (Å²) >= 11 is 0. The van der Waals surface area contributed by atoms with E-state index < -0.39 is 16.6 Å². The molecule has 2 heterocycles. The van der Waals surface area contributed by atoms with Gasteiger partial charge < -0.3 is 14.6 Å². The summed E-state index contributed by atoms with van der Waals surface area (Å²) in [6.07, 6.45) is 2.45. The second-order valence-corrected chi connectivity index (χ2v) is 12.4. The molecule has 4 rings (SSSR count). The van der Waals surface area contributed by atoms with Gasteiger partial charge in [-0.1, -0.05) is 39.8 Å². The minimum Gasteiger partial charge on any atom is -0.493 e. The minimum atomic E-state index is -4.03. The fourth-order valence-electron chi connectivity index (χ4n) is 4.74. The summed E-state index contributed by atoms with van der Waals surface area (Å²) in [5, 5.41) is 10.3. The van der Waals surface area contributed by atoms with E-state index >= 15 is 0 Å². The van der Waals surface area contributed by atoms with Gasteiger partial charge in [-0.3, -0.25) is 4.31 Å². The van der Waals surface area contributed by atoms with E-state index in [2.05, 4.69) is 19.9 Å². The molecule has 0 amide bonds. The van der Waals surface area contributed by atoms with Crippen LogP contribution in [-0.4, -0.2) is 39.9 Å². The van der Waals surface area contributed by atoms with Crippen LogP contribution < -0.4 is 9.04 Å². The molecule has 2 aliphatic heterocycles. The first kappa shape index (κ1) is 22.4. The van der Waals surface area contributed by atoms with Crippen LogP contribution in [0.1, 0.15) is 65.9 Å². The number of hydrogen-bond donors (Lipinski definition) is 1. The largest absolute Gasteiger partial charge is 0.493 e. The summed E-state index contributed by atoms with van der Waals surface area (Å²) in [5.41, 5.74) is 2.31. The highest BCUT2D eigenvalue weighted by Gasteiger charge is 2.37. The Labute approximate surface area is 206 Å². The van der Waals surface area contributed by atoms with E-state index in [9.17, 15) is 13.5 Å². The summed E-state index contributed by atoms with van der Waals surface area (Å²) < 4.78 is 56.4. The molecule has 6 nitrogen and oxygen atoms in total. The van der Waals surface area contributed by atoms with Gasteiger partial charge in [-0.05, 0) is 71.9 Å². The van der Waals surface area contributed by atoms with Gasteiger partial charge in [-0.2, -0.15) is 0 Å². The quantitative estimate of drug-likeness (QED) is 0.600. The maximum atomic E-state index is 13.9. The van der Waals surface area contributed by atoms with Gasteiger partial charge in [0.05, 0.1) is 26.5 Å². The Morgan fingerprint density at radius 3 is 2.62 bits per heavy atom. The van der Waals surface area contributed by atoms with E-state index in [4.69, 9.17) is 12.2 Å². The van der Waals surface area contributed by atoms with E-state index in [0.29, 0.717) is 38.0 Å². The number of anilines is 1. The summed E-state index contributed by atoms with van der Waals surface area (Å²) in [6.45, 7) is 7.52. The van der Waals surface area contributed by atoms with Crippen molar-refractivity contribution in [1.82, 2.24) is 0 Å². The molecule has 0 aliphatic carbocycles. The number of aliphatic hydroxyl groups is 1. The first-order valence-electron chi connectivity index (χ1n) is 13.0. The molecule has 1 saturated heterocycles. The number of rotatable bonds is 7. The third-order valence-electron chi connectivity index (χ3n) is 6.75. The molecule has 0 saturated carbocycles. The number of ether oxygens (including phenoxy) is 2. The summed E-state index contributed by atoms with van der Waals surface area (Å²) in [5.74, 6) is 0.740. The zero-order valence-electron chi connectivity index (χ0n) is 22.5. The summed E-state index contributed by atoms with van der Waals surface area (Å²) in [4.78, 5) is -0.0783. The van der Waals surface area contributed by atoms with Gasteiger partial charge in [0.15, 0.2) is 0 Å². The molecule has 0 unspecified atom stereocenters. The van der Waals surface area contributed by atoms with Crippen LogP contribution in [0.25, 0.3) is 0 Å². The molecule has 7 heteroatoms. The highest BCUT2D eigenvalue weighted by atomic mass is 32.2. The third-order valence-corrected chi connectivity index (χ3v) is 8.51. The predicted octanol–water partition coefficient (Wildman–Crippen LogP) is 4.89. The van der Waals surface area contributed by atoms with Crippen LogP contribution in [0.4, 0.5) is 5.69 Å². The van der Waals surface area contributed by atoms with E-state index in [-0.39, 0.29) is 27.5 Å². The van der Waals surface area contributed by atoms with Crippen LogP contribution in [-0.2, 0) is 27.7 Å². The molecule has 0 spiro atoms. The molecule has 186 valence electrons. The molecular formula is C27H37NO5S. The Kier molecular flexibility index (Phi) is 6.50. The predicted molar refractivity (Wildman–Crippen MR) is 134 cm³/mol. The number of fused-ring (bicyclic) bond motifs is 1. The Morgan fingerprint density at radius 1 is 1.21 bits per heavy atom. The molecular weight excluding hydrogens is 450 g/mol. The van der Waals surface area contributed by atoms with Gasteiger partial charge in [0, 0.05) is 25.3 Å². The van der Waals surface area contributed by atoms with Crippen molar-refractivity contribution in [1.29, 1.82) is 0 Å². The zero-order valence-corrected chi connectivity index (χ0v) is 21.3. The normalized spacial score (nSPS) is 20.0. The van der Waals surface area contributed by atoms with E-state index in [1.165, 1.54) is 22.5 Å². The zero-order chi connectivity index (χ0) is 26.3. The molecule has 34 heavy (non-hydrogen) atoms. The molecule has 2 aromatic carbocycles. The Bertz CT molecular complexity index is 1200. The number of hydrogen-bond acceptors (Lipinski definition) is 5.